The molecule has 23 heavy (non-hydrogen) atoms. The summed E-state index contributed by atoms with van der Waals surface area (Å²) in [5.41, 5.74) is 4.15. The average Bonchev–Trinajstić information content (AvgIpc) is 2.94. The summed E-state index contributed by atoms with van der Waals surface area (Å²) < 4.78 is 0. The first-order valence-electron chi connectivity index (χ1n) is 9.11. The molecule has 2 amide bonds. The Morgan fingerprint density at radius 2 is 1.74 bits per heavy atom. The number of benzene rings is 1. The summed E-state index contributed by atoms with van der Waals surface area (Å²) in [6.45, 7) is 6.98. The molecule has 0 unspecified atom stereocenters. The summed E-state index contributed by atoms with van der Waals surface area (Å²) in [5.74, 6) is 0.778. The topological polar surface area (TPSA) is 41.1 Å². The molecule has 0 bridgehead atoms. The Morgan fingerprint density at radius 1 is 1.04 bits per heavy atom. The molecule has 0 atom stereocenters. The van der Waals surface area contributed by atoms with E-state index in [0.717, 1.165) is 30.9 Å². The smallest absolute Gasteiger partial charge is 0.319 e. The van der Waals surface area contributed by atoms with Crippen molar-refractivity contribution in [3.8, 4) is 0 Å². The number of amides is 2. The van der Waals surface area contributed by atoms with Crippen molar-refractivity contribution in [2.24, 2.45) is 11.3 Å². The van der Waals surface area contributed by atoms with E-state index >= 15 is 0 Å². The van der Waals surface area contributed by atoms with Crippen LogP contribution in [0.2, 0.25) is 0 Å². The van der Waals surface area contributed by atoms with Crippen LogP contribution in [0.25, 0.3) is 0 Å². The second-order valence-corrected chi connectivity index (χ2v) is 8.35. The van der Waals surface area contributed by atoms with Crippen molar-refractivity contribution in [1.29, 1.82) is 0 Å². The number of hydrogen-bond acceptors (Lipinski definition) is 1. The van der Waals surface area contributed by atoms with Gasteiger partial charge in [-0.3, -0.25) is 0 Å². The highest BCUT2D eigenvalue weighted by Crippen LogP contribution is 2.37. The second-order valence-electron chi connectivity index (χ2n) is 8.35. The first-order valence-corrected chi connectivity index (χ1v) is 9.11. The third kappa shape index (κ3) is 4.07. The minimum Gasteiger partial charge on any atom is -0.335 e. The maximum absolute atomic E-state index is 12.2. The highest BCUT2D eigenvalue weighted by molar-refractivity contribution is 5.89. The molecular formula is C20H30N2O. The van der Waals surface area contributed by atoms with Gasteiger partial charge in [-0.2, -0.15) is 0 Å². The zero-order valence-electron chi connectivity index (χ0n) is 14.7. The van der Waals surface area contributed by atoms with E-state index in [1.807, 2.05) is 6.07 Å². The Kier molecular flexibility index (Phi) is 4.65. The zero-order chi connectivity index (χ0) is 16.4. The molecule has 3 rings (SSSR count). The molecule has 2 aliphatic carbocycles. The number of hydrogen-bond donors (Lipinski definition) is 2. The van der Waals surface area contributed by atoms with Crippen LogP contribution in [0.3, 0.4) is 0 Å². The van der Waals surface area contributed by atoms with E-state index in [0.29, 0.717) is 11.5 Å². The standard InChI is InChI=1S/C20H30N2O/c1-20(2,3)16-8-11-17(12-9-16)21-19(23)22-18-10-7-14-5-4-6-15(14)13-18/h7,10,13,16-17H,4-6,8-9,11-12H2,1-3H3,(H2,21,22,23). The van der Waals surface area contributed by atoms with E-state index in [2.05, 4.69) is 43.5 Å². The SMILES string of the molecule is CC(C)(C)C1CCC(NC(=O)Nc2ccc3c(c2)CCC3)CC1. The van der Waals surface area contributed by atoms with Crippen molar-refractivity contribution in [2.75, 3.05) is 5.32 Å². The molecule has 2 aliphatic rings. The summed E-state index contributed by atoms with van der Waals surface area (Å²) in [4.78, 5) is 12.2. The Morgan fingerprint density at radius 3 is 2.43 bits per heavy atom. The molecule has 3 nitrogen and oxygen atoms in total. The molecule has 3 heteroatoms. The van der Waals surface area contributed by atoms with Gasteiger partial charge in [0.2, 0.25) is 0 Å². The van der Waals surface area contributed by atoms with Crippen molar-refractivity contribution < 1.29 is 4.79 Å². The lowest BCUT2D eigenvalue weighted by Crippen LogP contribution is -2.41. The van der Waals surface area contributed by atoms with Crippen LogP contribution in [0.4, 0.5) is 10.5 Å². The number of rotatable bonds is 2. The van der Waals surface area contributed by atoms with E-state index in [1.54, 1.807) is 0 Å². The first-order chi connectivity index (χ1) is 10.9. The predicted molar refractivity (Wildman–Crippen MR) is 95.8 cm³/mol. The summed E-state index contributed by atoms with van der Waals surface area (Å²) in [6.07, 6.45) is 8.18. The fraction of sp³-hybridized carbons (Fsp3) is 0.650. The fourth-order valence-corrected chi connectivity index (χ4v) is 4.11. The molecule has 126 valence electrons. The van der Waals surface area contributed by atoms with Crippen LogP contribution in [0.15, 0.2) is 18.2 Å². The quantitative estimate of drug-likeness (QED) is 0.800. The van der Waals surface area contributed by atoms with Crippen molar-refractivity contribution in [3.05, 3.63) is 29.3 Å². The molecule has 0 aromatic heterocycles. The van der Waals surface area contributed by atoms with Gasteiger partial charge in [0.05, 0.1) is 0 Å². The van der Waals surface area contributed by atoms with Crippen molar-refractivity contribution in [2.45, 2.75) is 71.8 Å². The number of urea groups is 1. The van der Waals surface area contributed by atoms with Crippen molar-refractivity contribution in [3.63, 3.8) is 0 Å². The van der Waals surface area contributed by atoms with Gasteiger partial charge in [0.25, 0.3) is 0 Å². The molecule has 0 radical (unpaired) electrons. The number of anilines is 1. The summed E-state index contributed by atoms with van der Waals surface area (Å²) in [7, 11) is 0. The number of fused-ring (bicyclic) bond motifs is 1. The average molecular weight is 314 g/mol. The van der Waals surface area contributed by atoms with Gasteiger partial charge in [-0.05, 0) is 79.5 Å². The van der Waals surface area contributed by atoms with Crippen LogP contribution in [0, 0.1) is 11.3 Å². The van der Waals surface area contributed by atoms with Gasteiger partial charge in [0, 0.05) is 11.7 Å². The molecule has 0 spiro atoms. The number of carbonyl (C=O) groups excluding carboxylic acids is 1. The zero-order valence-corrected chi connectivity index (χ0v) is 14.7. The molecule has 0 heterocycles. The summed E-state index contributed by atoms with van der Waals surface area (Å²) in [5, 5.41) is 6.17. The Labute approximate surface area is 140 Å². The highest BCUT2D eigenvalue weighted by Gasteiger charge is 2.30. The molecule has 1 fully saturated rings. The highest BCUT2D eigenvalue weighted by atomic mass is 16.2. The van der Waals surface area contributed by atoms with Crippen LogP contribution >= 0.6 is 0 Å². The Hall–Kier alpha value is -1.51. The Balaban J connectivity index is 1.49. The number of nitrogens with one attached hydrogen (secondary N) is 2. The van der Waals surface area contributed by atoms with E-state index in [1.165, 1.54) is 36.8 Å². The minimum atomic E-state index is -0.0536. The largest absolute Gasteiger partial charge is 0.335 e. The van der Waals surface area contributed by atoms with E-state index in [4.69, 9.17) is 0 Å². The van der Waals surface area contributed by atoms with Gasteiger partial charge in [-0.25, -0.2) is 4.79 Å². The van der Waals surface area contributed by atoms with Gasteiger partial charge < -0.3 is 10.6 Å². The van der Waals surface area contributed by atoms with Crippen LogP contribution in [-0.4, -0.2) is 12.1 Å². The van der Waals surface area contributed by atoms with Gasteiger partial charge in [-0.15, -0.1) is 0 Å². The fourth-order valence-electron chi connectivity index (χ4n) is 4.11. The van der Waals surface area contributed by atoms with Gasteiger partial charge >= 0.3 is 6.03 Å². The van der Waals surface area contributed by atoms with Crippen LogP contribution in [0.1, 0.15) is 64.0 Å². The van der Waals surface area contributed by atoms with Gasteiger partial charge in [0.1, 0.15) is 0 Å². The first kappa shape index (κ1) is 16.4. The number of carbonyl (C=O) groups is 1. The van der Waals surface area contributed by atoms with Crippen molar-refractivity contribution >= 4 is 11.7 Å². The maximum atomic E-state index is 12.2. The van der Waals surface area contributed by atoms with Crippen LogP contribution in [0.5, 0.6) is 0 Å². The minimum absolute atomic E-state index is 0.0536. The predicted octanol–water partition coefficient (Wildman–Crippen LogP) is 4.90. The lowest BCUT2D eigenvalue weighted by Gasteiger charge is -2.37. The monoisotopic (exact) mass is 314 g/mol. The third-order valence-corrected chi connectivity index (χ3v) is 5.64. The van der Waals surface area contributed by atoms with E-state index in [9.17, 15) is 4.79 Å². The summed E-state index contributed by atoms with van der Waals surface area (Å²) >= 11 is 0. The number of aryl methyl sites for hydroxylation is 2. The van der Waals surface area contributed by atoms with Crippen LogP contribution < -0.4 is 10.6 Å². The summed E-state index contributed by atoms with van der Waals surface area (Å²) in [6, 6.07) is 6.59. The Bertz CT molecular complexity index is 565. The maximum Gasteiger partial charge on any atom is 0.319 e. The molecule has 1 aromatic rings. The molecule has 1 saturated carbocycles. The molecule has 0 saturated heterocycles. The van der Waals surface area contributed by atoms with Gasteiger partial charge in [-0.1, -0.05) is 26.8 Å². The molecule has 0 aliphatic heterocycles. The van der Waals surface area contributed by atoms with Crippen LogP contribution in [-0.2, 0) is 12.8 Å². The lowest BCUT2D eigenvalue weighted by atomic mass is 9.71. The third-order valence-electron chi connectivity index (χ3n) is 5.64. The molecular weight excluding hydrogens is 284 g/mol. The normalized spacial score (nSPS) is 24.1. The van der Waals surface area contributed by atoms with E-state index < -0.39 is 0 Å². The second kappa shape index (κ2) is 6.54. The molecule has 1 aromatic carbocycles. The molecule has 2 N–H and O–H groups in total. The van der Waals surface area contributed by atoms with Crippen molar-refractivity contribution in [1.82, 2.24) is 5.32 Å². The van der Waals surface area contributed by atoms with E-state index in [-0.39, 0.29) is 6.03 Å². The van der Waals surface area contributed by atoms with Gasteiger partial charge in [0.15, 0.2) is 0 Å². The lowest BCUT2D eigenvalue weighted by molar-refractivity contribution is 0.161.